The molecule has 0 aliphatic carbocycles. The van der Waals surface area contributed by atoms with E-state index in [4.69, 9.17) is 0 Å². The van der Waals surface area contributed by atoms with Crippen molar-refractivity contribution in [3.05, 3.63) is 13.8 Å². The molecular formula is C29H58. The molecule has 0 N–H and O–H groups in total. The van der Waals surface area contributed by atoms with Crippen LogP contribution in [0.4, 0.5) is 0 Å². The largest absolute Gasteiger partial charge is 0.0651 e. The molecule has 174 valence electrons. The molecule has 0 heterocycles. The summed E-state index contributed by atoms with van der Waals surface area (Å²) < 4.78 is 0. The van der Waals surface area contributed by atoms with E-state index in [1.165, 1.54) is 148 Å². The van der Waals surface area contributed by atoms with Gasteiger partial charge >= 0.3 is 0 Å². The number of hydrogen-bond acceptors (Lipinski definition) is 0. The Balaban J connectivity index is 3.13. The number of rotatable bonds is 25. The molecule has 0 spiro atoms. The van der Waals surface area contributed by atoms with Crippen LogP contribution >= 0.6 is 0 Å². The fourth-order valence-electron chi connectivity index (χ4n) is 4.60. The van der Waals surface area contributed by atoms with Gasteiger partial charge in [-0.25, -0.2) is 0 Å². The highest BCUT2D eigenvalue weighted by molar-refractivity contribution is 4.59. The smallest absolute Gasteiger partial charge is 0.0417 e. The lowest BCUT2D eigenvalue weighted by Gasteiger charge is -2.14. The Morgan fingerprint density at radius 2 is 0.621 bits per heavy atom. The second-order valence-corrected chi connectivity index (χ2v) is 9.63. The zero-order chi connectivity index (χ0) is 21.3. The van der Waals surface area contributed by atoms with E-state index < -0.39 is 0 Å². The van der Waals surface area contributed by atoms with Gasteiger partial charge in [0, 0.05) is 0 Å². The maximum absolute atomic E-state index is 3.96. The second-order valence-electron chi connectivity index (χ2n) is 9.63. The topological polar surface area (TPSA) is 0 Å². The Morgan fingerprint density at radius 3 is 0.931 bits per heavy atom. The Morgan fingerprint density at radius 1 is 0.379 bits per heavy atom. The van der Waals surface area contributed by atoms with Crippen LogP contribution in [0.15, 0.2) is 0 Å². The highest BCUT2D eigenvalue weighted by Crippen LogP contribution is 2.21. The summed E-state index contributed by atoms with van der Waals surface area (Å²) in [5.74, 6) is 0.991. The van der Waals surface area contributed by atoms with Gasteiger partial charge in [0.15, 0.2) is 0 Å². The van der Waals surface area contributed by atoms with Crippen LogP contribution in [-0.4, -0.2) is 0 Å². The van der Waals surface area contributed by atoms with Gasteiger partial charge in [0.25, 0.3) is 0 Å². The average Bonchev–Trinajstić information content (AvgIpc) is 2.74. The van der Waals surface area contributed by atoms with Gasteiger partial charge in [-0.05, 0) is 5.92 Å². The standard InChI is InChI=1S/C29H58/c1-4-7-9-10-11-12-13-14-15-16-17-18-19-20-21-22-23-24-26-28-29(6-3)27-25-8-5-2/h29H,1-2,4-28H2,3H3. The van der Waals surface area contributed by atoms with Crippen molar-refractivity contribution < 1.29 is 0 Å². The van der Waals surface area contributed by atoms with Crippen LogP contribution < -0.4 is 0 Å². The zero-order valence-corrected chi connectivity index (χ0v) is 20.7. The van der Waals surface area contributed by atoms with Crippen LogP contribution in [0.3, 0.4) is 0 Å². The van der Waals surface area contributed by atoms with Gasteiger partial charge in [0.1, 0.15) is 0 Å². The highest BCUT2D eigenvalue weighted by Gasteiger charge is 2.05. The summed E-state index contributed by atoms with van der Waals surface area (Å²) >= 11 is 0. The SMILES string of the molecule is [CH2]CCCCCCCCCCCCCCCCCCCCC(CC)CCCC[CH2]. The van der Waals surface area contributed by atoms with Crippen molar-refractivity contribution in [1.82, 2.24) is 0 Å². The van der Waals surface area contributed by atoms with Crippen molar-refractivity contribution in [2.45, 2.75) is 167 Å². The Bertz CT molecular complexity index is 269. The summed E-state index contributed by atoms with van der Waals surface area (Å²) in [7, 11) is 0. The molecule has 0 aliphatic rings. The summed E-state index contributed by atoms with van der Waals surface area (Å²) in [6.07, 6.45) is 35.6. The van der Waals surface area contributed by atoms with E-state index in [-0.39, 0.29) is 0 Å². The Hall–Kier alpha value is 0. The zero-order valence-electron chi connectivity index (χ0n) is 20.7. The van der Waals surface area contributed by atoms with Crippen LogP contribution in [0.25, 0.3) is 0 Å². The lowest BCUT2D eigenvalue weighted by atomic mass is 9.92. The summed E-state index contributed by atoms with van der Waals surface area (Å²) in [6.45, 7) is 10.3. The first kappa shape index (κ1) is 29.0. The van der Waals surface area contributed by atoms with Crippen molar-refractivity contribution in [2.24, 2.45) is 5.92 Å². The van der Waals surface area contributed by atoms with Crippen molar-refractivity contribution in [3.63, 3.8) is 0 Å². The predicted molar refractivity (Wildman–Crippen MR) is 135 cm³/mol. The van der Waals surface area contributed by atoms with E-state index in [0.29, 0.717) is 0 Å². The molecular weight excluding hydrogens is 348 g/mol. The minimum absolute atomic E-state index is 0.991. The van der Waals surface area contributed by atoms with Gasteiger partial charge in [0.2, 0.25) is 0 Å². The van der Waals surface area contributed by atoms with E-state index in [1.807, 2.05) is 0 Å². The first-order valence-corrected chi connectivity index (χ1v) is 13.9. The molecule has 2 radical (unpaired) electrons. The van der Waals surface area contributed by atoms with Gasteiger partial charge < -0.3 is 0 Å². The van der Waals surface area contributed by atoms with Gasteiger partial charge in [-0.2, -0.15) is 0 Å². The van der Waals surface area contributed by atoms with Crippen molar-refractivity contribution in [1.29, 1.82) is 0 Å². The Kier molecular flexibility index (Phi) is 26.0. The minimum atomic E-state index is 0.991. The fourth-order valence-corrected chi connectivity index (χ4v) is 4.60. The van der Waals surface area contributed by atoms with Crippen molar-refractivity contribution in [3.8, 4) is 0 Å². The Labute approximate surface area is 187 Å². The molecule has 0 saturated carbocycles. The number of hydrogen-bond donors (Lipinski definition) is 0. The maximum Gasteiger partial charge on any atom is -0.0417 e. The molecule has 1 unspecified atom stereocenters. The normalized spacial score (nSPS) is 12.5. The third kappa shape index (κ3) is 24.1. The molecule has 0 nitrogen and oxygen atoms in total. The molecule has 0 aromatic rings. The fraction of sp³-hybridized carbons (Fsp3) is 0.931. The molecule has 0 bridgehead atoms. The molecule has 0 aromatic carbocycles. The molecule has 0 aromatic heterocycles. The quantitative estimate of drug-likeness (QED) is 0.132. The van der Waals surface area contributed by atoms with Gasteiger partial charge in [0.05, 0.1) is 0 Å². The highest BCUT2D eigenvalue weighted by atomic mass is 14.1. The number of unbranched alkanes of at least 4 members (excludes halogenated alkanes) is 20. The van der Waals surface area contributed by atoms with Gasteiger partial charge in [-0.15, -0.1) is 0 Å². The van der Waals surface area contributed by atoms with Crippen LogP contribution in [0.1, 0.15) is 167 Å². The van der Waals surface area contributed by atoms with Crippen LogP contribution in [0.2, 0.25) is 0 Å². The monoisotopic (exact) mass is 406 g/mol. The van der Waals surface area contributed by atoms with Crippen molar-refractivity contribution >= 4 is 0 Å². The molecule has 0 rings (SSSR count). The lowest BCUT2D eigenvalue weighted by molar-refractivity contribution is 0.397. The molecule has 1 atom stereocenters. The van der Waals surface area contributed by atoms with E-state index in [2.05, 4.69) is 20.8 Å². The summed E-state index contributed by atoms with van der Waals surface area (Å²) in [5, 5.41) is 0. The van der Waals surface area contributed by atoms with E-state index in [1.54, 1.807) is 0 Å². The van der Waals surface area contributed by atoms with Gasteiger partial charge in [-0.3, -0.25) is 0 Å². The molecule has 0 amide bonds. The van der Waals surface area contributed by atoms with Crippen LogP contribution in [0.5, 0.6) is 0 Å². The molecule has 29 heavy (non-hydrogen) atoms. The van der Waals surface area contributed by atoms with Gasteiger partial charge in [-0.1, -0.05) is 181 Å². The van der Waals surface area contributed by atoms with E-state index in [9.17, 15) is 0 Å². The molecule has 0 aliphatic heterocycles. The third-order valence-corrected chi connectivity index (χ3v) is 6.80. The lowest BCUT2D eigenvalue weighted by Crippen LogP contribution is -1.99. The third-order valence-electron chi connectivity index (χ3n) is 6.80. The molecule has 0 fully saturated rings. The maximum atomic E-state index is 3.96. The summed E-state index contributed by atoms with van der Waals surface area (Å²) in [5.41, 5.74) is 0. The molecule has 0 saturated heterocycles. The second kappa shape index (κ2) is 26.0. The average molecular weight is 407 g/mol. The van der Waals surface area contributed by atoms with Crippen molar-refractivity contribution in [2.75, 3.05) is 0 Å². The minimum Gasteiger partial charge on any atom is -0.0651 e. The predicted octanol–water partition coefficient (Wildman–Crippen LogP) is 11.0. The van der Waals surface area contributed by atoms with E-state index in [0.717, 1.165) is 18.8 Å². The summed E-state index contributed by atoms with van der Waals surface area (Å²) in [6, 6.07) is 0. The first-order chi connectivity index (χ1) is 14.3. The van der Waals surface area contributed by atoms with E-state index >= 15 is 0 Å². The summed E-state index contributed by atoms with van der Waals surface area (Å²) in [4.78, 5) is 0. The molecule has 0 heteroatoms. The van der Waals surface area contributed by atoms with Crippen LogP contribution in [0, 0.1) is 19.8 Å². The van der Waals surface area contributed by atoms with Crippen LogP contribution in [-0.2, 0) is 0 Å². The first-order valence-electron chi connectivity index (χ1n) is 13.9.